The molecule has 0 bridgehead atoms. The van der Waals surface area contributed by atoms with Crippen molar-refractivity contribution in [1.29, 1.82) is 0 Å². The Bertz CT molecular complexity index is 800. The number of allylic oxidation sites excluding steroid dienone is 3. The minimum atomic E-state index is -0.383. The maximum atomic E-state index is 12.4. The van der Waals surface area contributed by atoms with Gasteiger partial charge in [0.1, 0.15) is 5.75 Å². The highest BCUT2D eigenvalue weighted by Gasteiger charge is 2.24. The maximum Gasteiger partial charge on any atom is 0.281 e. The number of carbonyl (C=O) groups excluding carboxylic acids is 2. The average Bonchev–Trinajstić information content (AvgIpc) is 2.54. The smallest absolute Gasteiger partial charge is 0.281 e. The standard InChI is InChI=1S/C18H16N2O3/c1-11-9-17(21)20-15-10-12(7-8-13(11)15)19-18(22)14-5-3-4-6-16(14)23-2/h3-10,13H,1-2H3,(H,20,21). The van der Waals surface area contributed by atoms with Gasteiger partial charge in [0.15, 0.2) is 0 Å². The van der Waals surface area contributed by atoms with Crippen LogP contribution in [-0.4, -0.2) is 24.6 Å². The number of benzene rings is 1. The SMILES string of the molecule is COc1ccccc1C(=O)N=C1C=CC2C(C)=CC(=O)NC2=C1. The van der Waals surface area contributed by atoms with Crippen molar-refractivity contribution in [3.63, 3.8) is 0 Å². The van der Waals surface area contributed by atoms with Gasteiger partial charge in [-0.2, -0.15) is 0 Å². The molecule has 116 valence electrons. The van der Waals surface area contributed by atoms with E-state index in [1.54, 1.807) is 42.5 Å². The van der Waals surface area contributed by atoms with Gasteiger partial charge >= 0.3 is 0 Å². The monoisotopic (exact) mass is 308 g/mol. The highest BCUT2D eigenvalue weighted by Crippen LogP contribution is 2.26. The van der Waals surface area contributed by atoms with Gasteiger partial charge < -0.3 is 10.1 Å². The van der Waals surface area contributed by atoms with E-state index in [1.807, 2.05) is 13.0 Å². The number of rotatable bonds is 2. The summed E-state index contributed by atoms with van der Waals surface area (Å²) in [7, 11) is 1.51. The van der Waals surface area contributed by atoms with Crippen LogP contribution < -0.4 is 10.1 Å². The predicted molar refractivity (Wildman–Crippen MR) is 87.4 cm³/mol. The van der Waals surface area contributed by atoms with Crippen LogP contribution in [-0.2, 0) is 4.79 Å². The Balaban J connectivity index is 1.90. The van der Waals surface area contributed by atoms with Crippen molar-refractivity contribution in [3.05, 3.63) is 65.4 Å². The second-order valence-corrected chi connectivity index (χ2v) is 5.36. The molecule has 1 aromatic carbocycles. The summed E-state index contributed by atoms with van der Waals surface area (Å²) < 4.78 is 5.18. The molecule has 0 saturated carbocycles. The van der Waals surface area contributed by atoms with Gasteiger partial charge in [-0.1, -0.05) is 23.8 Å². The first-order valence-electron chi connectivity index (χ1n) is 7.23. The second kappa shape index (κ2) is 6.04. The molecule has 0 fully saturated rings. The molecule has 1 aromatic rings. The van der Waals surface area contributed by atoms with Gasteiger partial charge in [0.25, 0.3) is 5.91 Å². The molecule has 1 unspecified atom stereocenters. The highest BCUT2D eigenvalue weighted by molar-refractivity contribution is 6.14. The number of nitrogens with zero attached hydrogens (tertiary/aromatic N) is 1. The summed E-state index contributed by atoms with van der Waals surface area (Å²) in [6.45, 7) is 1.91. The van der Waals surface area contributed by atoms with E-state index in [1.165, 1.54) is 7.11 Å². The number of carbonyl (C=O) groups is 2. The van der Waals surface area contributed by atoms with E-state index in [0.29, 0.717) is 17.0 Å². The van der Waals surface area contributed by atoms with Crippen LogP contribution in [0.3, 0.4) is 0 Å². The van der Waals surface area contributed by atoms with Crippen LogP contribution in [0.1, 0.15) is 17.3 Å². The molecule has 1 aliphatic heterocycles. The van der Waals surface area contributed by atoms with E-state index in [9.17, 15) is 9.59 Å². The number of hydrogen-bond acceptors (Lipinski definition) is 3. The van der Waals surface area contributed by atoms with Gasteiger partial charge in [0, 0.05) is 17.7 Å². The van der Waals surface area contributed by atoms with Gasteiger partial charge in [0.2, 0.25) is 5.91 Å². The molecule has 5 heteroatoms. The number of para-hydroxylation sites is 1. The molecule has 0 spiro atoms. The Labute approximate surface area is 134 Å². The van der Waals surface area contributed by atoms with Crippen molar-refractivity contribution in [2.75, 3.05) is 7.11 Å². The Kier molecular flexibility index (Phi) is 3.93. The number of methoxy groups -OCH3 is 1. The number of hydrogen-bond donors (Lipinski definition) is 1. The molecular formula is C18H16N2O3. The van der Waals surface area contributed by atoms with E-state index >= 15 is 0 Å². The fraction of sp³-hybridized carbons (Fsp3) is 0.167. The minimum Gasteiger partial charge on any atom is -0.496 e. The Morgan fingerprint density at radius 3 is 2.83 bits per heavy atom. The first-order chi connectivity index (χ1) is 11.1. The number of nitrogens with one attached hydrogen (secondary N) is 1. The molecule has 2 amide bonds. The van der Waals surface area contributed by atoms with E-state index in [-0.39, 0.29) is 17.7 Å². The molecule has 5 nitrogen and oxygen atoms in total. The summed E-state index contributed by atoms with van der Waals surface area (Å²) in [5.41, 5.74) is 2.61. The van der Waals surface area contributed by atoms with Crippen molar-refractivity contribution in [2.45, 2.75) is 6.92 Å². The first-order valence-corrected chi connectivity index (χ1v) is 7.23. The Morgan fingerprint density at radius 2 is 2.04 bits per heavy atom. The van der Waals surface area contributed by atoms with E-state index in [2.05, 4.69) is 10.3 Å². The van der Waals surface area contributed by atoms with Gasteiger partial charge in [-0.3, -0.25) is 9.59 Å². The summed E-state index contributed by atoms with van der Waals surface area (Å²) >= 11 is 0. The van der Waals surface area contributed by atoms with E-state index in [4.69, 9.17) is 4.74 Å². The lowest BCUT2D eigenvalue weighted by Crippen LogP contribution is -2.32. The molecule has 1 atom stereocenters. The Morgan fingerprint density at radius 1 is 1.26 bits per heavy atom. The van der Waals surface area contributed by atoms with Crippen molar-refractivity contribution in [3.8, 4) is 5.75 Å². The van der Waals surface area contributed by atoms with Crippen molar-refractivity contribution in [2.24, 2.45) is 10.9 Å². The molecule has 0 radical (unpaired) electrons. The second-order valence-electron chi connectivity index (χ2n) is 5.36. The van der Waals surface area contributed by atoms with Crippen LogP contribution >= 0.6 is 0 Å². The van der Waals surface area contributed by atoms with Gasteiger partial charge in [0.05, 0.1) is 18.4 Å². The molecule has 1 heterocycles. The molecule has 23 heavy (non-hydrogen) atoms. The fourth-order valence-electron chi connectivity index (χ4n) is 2.65. The summed E-state index contributed by atoms with van der Waals surface area (Å²) in [5.74, 6) is -0.0209. The third-order valence-corrected chi connectivity index (χ3v) is 3.78. The third-order valence-electron chi connectivity index (χ3n) is 3.78. The zero-order valence-corrected chi connectivity index (χ0v) is 12.9. The largest absolute Gasteiger partial charge is 0.496 e. The number of fused-ring (bicyclic) bond motifs is 1. The van der Waals surface area contributed by atoms with Crippen LogP contribution in [0.4, 0.5) is 0 Å². The lowest BCUT2D eigenvalue weighted by atomic mass is 9.89. The van der Waals surface area contributed by atoms with Crippen LogP contribution in [0.15, 0.2) is 64.8 Å². The molecule has 2 aliphatic rings. The first kappa shape index (κ1) is 15.0. The van der Waals surface area contributed by atoms with Crippen molar-refractivity contribution >= 4 is 17.5 Å². The van der Waals surface area contributed by atoms with Crippen molar-refractivity contribution in [1.82, 2.24) is 5.32 Å². The summed E-state index contributed by atoms with van der Waals surface area (Å²) in [4.78, 5) is 28.1. The van der Waals surface area contributed by atoms with Crippen LogP contribution in [0.2, 0.25) is 0 Å². The summed E-state index contributed by atoms with van der Waals surface area (Å²) in [6, 6.07) is 6.94. The normalized spacial score (nSPS) is 21.2. The molecular weight excluding hydrogens is 292 g/mol. The number of aliphatic imine (C=N–C) groups is 1. The van der Waals surface area contributed by atoms with E-state index in [0.717, 1.165) is 11.3 Å². The molecule has 3 rings (SSSR count). The lowest BCUT2D eigenvalue weighted by Gasteiger charge is -2.25. The van der Waals surface area contributed by atoms with Crippen LogP contribution in [0.25, 0.3) is 0 Å². The lowest BCUT2D eigenvalue weighted by molar-refractivity contribution is -0.116. The Hall–Kier alpha value is -2.95. The predicted octanol–water partition coefficient (Wildman–Crippen LogP) is 2.42. The van der Waals surface area contributed by atoms with Crippen LogP contribution in [0.5, 0.6) is 5.75 Å². The van der Waals surface area contributed by atoms with Crippen LogP contribution in [0, 0.1) is 5.92 Å². The maximum absolute atomic E-state index is 12.4. The zero-order valence-electron chi connectivity index (χ0n) is 12.9. The fourth-order valence-corrected chi connectivity index (χ4v) is 2.65. The quantitative estimate of drug-likeness (QED) is 0.912. The topological polar surface area (TPSA) is 67.8 Å². The summed E-state index contributed by atoms with van der Waals surface area (Å²) in [5, 5.41) is 2.79. The van der Waals surface area contributed by atoms with E-state index < -0.39 is 0 Å². The minimum absolute atomic E-state index is 0.0352. The number of ether oxygens (including phenoxy) is 1. The van der Waals surface area contributed by atoms with Gasteiger partial charge in [-0.15, -0.1) is 0 Å². The zero-order chi connectivity index (χ0) is 16.4. The molecule has 1 N–H and O–H groups in total. The number of amides is 2. The average molecular weight is 308 g/mol. The molecule has 0 aromatic heterocycles. The van der Waals surface area contributed by atoms with Gasteiger partial charge in [-0.25, -0.2) is 4.99 Å². The summed E-state index contributed by atoms with van der Waals surface area (Å²) in [6.07, 6.45) is 7.02. The molecule has 1 aliphatic carbocycles. The van der Waals surface area contributed by atoms with Gasteiger partial charge in [-0.05, 0) is 31.2 Å². The third kappa shape index (κ3) is 2.99. The highest BCUT2D eigenvalue weighted by atomic mass is 16.5. The molecule has 0 saturated heterocycles. The van der Waals surface area contributed by atoms with Crippen molar-refractivity contribution < 1.29 is 14.3 Å².